The molecule has 0 aliphatic heterocycles. The quantitative estimate of drug-likeness (QED) is 0.177. The second kappa shape index (κ2) is 15.3. The molecular weight excluding hydrogens is 622 g/mol. The number of nitrogens with one attached hydrogen (secondary N) is 1. The number of halogens is 1. The summed E-state index contributed by atoms with van der Waals surface area (Å²) in [5.41, 5.74) is 1.15. The summed E-state index contributed by atoms with van der Waals surface area (Å²) in [5.74, 6) is -0.370. The van der Waals surface area contributed by atoms with Gasteiger partial charge in [0.1, 0.15) is 18.3 Å². The summed E-state index contributed by atoms with van der Waals surface area (Å²) < 4.78 is 34.9. The highest BCUT2D eigenvalue weighted by atomic mass is 35.5. The third-order valence-corrected chi connectivity index (χ3v) is 9.27. The number of hydrogen-bond acceptors (Lipinski definition) is 5. The van der Waals surface area contributed by atoms with E-state index in [0.717, 1.165) is 9.87 Å². The highest BCUT2D eigenvalue weighted by Gasteiger charge is 2.35. The van der Waals surface area contributed by atoms with Crippen molar-refractivity contribution in [2.75, 3.05) is 17.5 Å². The van der Waals surface area contributed by atoms with E-state index in [-0.39, 0.29) is 29.5 Å². The lowest BCUT2D eigenvalue weighted by Gasteiger charge is -2.35. The molecule has 0 aliphatic rings. The first-order chi connectivity index (χ1) is 21.9. The molecule has 0 fully saturated rings. The van der Waals surface area contributed by atoms with Gasteiger partial charge in [0, 0.05) is 23.5 Å². The van der Waals surface area contributed by atoms with E-state index in [4.69, 9.17) is 16.3 Å². The normalized spacial score (nSPS) is 12.2. The highest BCUT2D eigenvalue weighted by molar-refractivity contribution is 7.92. The fourth-order valence-electron chi connectivity index (χ4n) is 4.94. The zero-order valence-corrected chi connectivity index (χ0v) is 28.1. The number of ether oxygens (including phenoxy) is 1. The Morgan fingerprint density at radius 1 is 0.848 bits per heavy atom. The minimum Gasteiger partial charge on any atom is -0.494 e. The Hall–Kier alpha value is -4.34. The van der Waals surface area contributed by atoms with Gasteiger partial charge in [-0.15, -0.1) is 0 Å². The third-order valence-electron chi connectivity index (χ3n) is 7.11. The van der Waals surface area contributed by atoms with Crippen LogP contribution in [0.5, 0.6) is 5.75 Å². The predicted molar refractivity (Wildman–Crippen MR) is 182 cm³/mol. The number of anilines is 1. The van der Waals surface area contributed by atoms with Gasteiger partial charge in [-0.3, -0.25) is 13.9 Å². The fourth-order valence-corrected chi connectivity index (χ4v) is 6.57. The zero-order valence-electron chi connectivity index (χ0n) is 26.5. The summed E-state index contributed by atoms with van der Waals surface area (Å²) in [6.45, 7) is 7.31. The van der Waals surface area contributed by atoms with Crippen molar-refractivity contribution in [1.29, 1.82) is 0 Å². The van der Waals surface area contributed by atoms with E-state index in [0.29, 0.717) is 22.9 Å². The van der Waals surface area contributed by atoms with Gasteiger partial charge in [-0.05, 0) is 81.3 Å². The van der Waals surface area contributed by atoms with Crippen molar-refractivity contribution in [3.05, 3.63) is 125 Å². The molecule has 4 aromatic carbocycles. The lowest BCUT2D eigenvalue weighted by molar-refractivity contribution is -0.140. The van der Waals surface area contributed by atoms with Gasteiger partial charge in [0.25, 0.3) is 10.0 Å². The van der Waals surface area contributed by atoms with Crippen LogP contribution in [-0.2, 0) is 32.6 Å². The van der Waals surface area contributed by atoms with Crippen molar-refractivity contribution < 1.29 is 22.7 Å². The van der Waals surface area contributed by atoms with Gasteiger partial charge in [-0.1, -0.05) is 78.3 Å². The predicted octanol–water partition coefficient (Wildman–Crippen LogP) is 6.49. The third kappa shape index (κ3) is 9.11. The van der Waals surface area contributed by atoms with Crippen molar-refractivity contribution in [3.8, 4) is 5.75 Å². The van der Waals surface area contributed by atoms with Crippen LogP contribution in [0, 0.1) is 0 Å². The zero-order chi connectivity index (χ0) is 33.3. The molecule has 2 amide bonds. The van der Waals surface area contributed by atoms with Crippen LogP contribution in [0.1, 0.15) is 38.8 Å². The standard InChI is InChI=1S/C36H40ClN3O5S/c1-5-45-30-22-20-29(21-23-30)40(46(43,44)31-17-10-7-11-18-31)26-34(41)39(25-28-16-12-13-19-32(28)37)33(35(42)38-36(2,3)4)24-27-14-8-6-9-15-27/h6-23,33H,5,24-26H2,1-4H3,(H,38,42)/t33-/m1/s1. The summed E-state index contributed by atoms with van der Waals surface area (Å²) in [5, 5.41) is 3.45. The van der Waals surface area contributed by atoms with E-state index in [1.807, 2.05) is 58.0 Å². The molecule has 0 radical (unpaired) electrons. The van der Waals surface area contributed by atoms with Crippen molar-refractivity contribution in [1.82, 2.24) is 10.2 Å². The van der Waals surface area contributed by atoms with Crippen molar-refractivity contribution >= 4 is 39.1 Å². The summed E-state index contributed by atoms with van der Waals surface area (Å²) in [7, 11) is -4.20. The molecule has 0 bridgehead atoms. The highest BCUT2D eigenvalue weighted by Crippen LogP contribution is 2.28. The number of sulfonamides is 1. The molecule has 46 heavy (non-hydrogen) atoms. The SMILES string of the molecule is CCOc1ccc(N(CC(=O)N(Cc2ccccc2Cl)[C@H](Cc2ccccc2)C(=O)NC(C)(C)C)S(=O)(=O)c2ccccc2)cc1. The Morgan fingerprint density at radius 2 is 1.43 bits per heavy atom. The molecule has 10 heteroatoms. The largest absolute Gasteiger partial charge is 0.494 e. The molecular formula is C36H40ClN3O5S. The van der Waals surface area contributed by atoms with Gasteiger partial charge >= 0.3 is 0 Å². The van der Waals surface area contributed by atoms with Crippen LogP contribution in [-0.4, -0.2) is 49.9 Å². The Balaban J connectivity index is 1.82. The minimum atomic E-state index is -4.20. The van der Waals surface area contributed by atoms with Crippen molar-refractivity contribution in [2.24, 2.45) is 0 Å². The maximum Gasteiger partial charge on any atom is 0.264 e. The van der Waals surface area contributed by atoms with Gasteiger partial charge in [0.05, 0.1) is 17.2 Å². The number of carbonyl (C=O) groups is 2. The maximum absolute atomic E-state index is 14.6. The van der Waals surface area contributed by atoms with Crippen molar-refractivity contribution in [2.45, 2.75) is 57.1 Å². The lowest BCUT2D eigenvalue weighted by Crippen LogP contribution is -2.56. The van der Waals surface area contributed by atoms with Crippen LogP contribution in [0.2, 0.25) is 5.02 Å². The van der Waals surface area contributed by atoms with Gasteiger partial charge in [0.15, 0.2) is 0 Å². The summed E-state index contributed by atoms with van der Waals surface area (Å²) in [6, 6.07) is 30.0. The van der Waals surface area contributed by atoms with Gasteiger partial charge in [0.2, 0.25) is 11.8 Å². The second-order valence-corrected chi connectivity index (χ2v) is 14.1. The van der Waals surface area contributed by atoms with Crippen LogP contribution in [0.4, 0.5) is 5.69 Å². The summed E-state index contributed by atoms with van der Waals surface area (Å²) >= 11 is 6.56. The molecule has 0 saturated heterocycles. The average Bonchev–Trinajstić information content (AvgIpc) is 3.03. The van der Waals surface area contributed by atoms with Crippen LogP contribution in [0.25, 0.3) is 0 Å². The topological polar surface area (TPSA) is 96.0 Å². The Labute approximate surface area is 277 Å². The first kappa shape index (κ1) is 34.5. The fraction of sp³-hybridized carbons (Fsp3) is 0.278. The molecule has 0 saturated carbocycles. The molecule has 4 rings (SSSR count). The van der Waals surface area contributed by atoms with Gasteiger partial charge in [-0.25, -0.2) is 8.42 Å². The molecule has 0 spiro atoms. The smallest absolute Gasteiger partial charge is 0.264 e. The number of amides is 2. The molecule has 0 aromatic heterocycles. The number of benzene rings is 4. The van der Waals surface area contributed by atoms with Crippen LogP contribution in [0.3, 0.4) is 0 Å². The molecule has 4 aromatic rings. The van der Waals surface area contributed by atoms with Gasteiger partial charge < -0.3 is 15.0 Å². The van der Waals surface area contributed by atoms with Gasteiger partial charge in [-0.2, -0.15) is 0 Å². The number of rotatable bonds is 13. The van der Waals surface area contributed by atoms with E-state index < -0.39 is 34.1 Å². The molecule has 0 unspecified atom stereocenters. The van der Waals surface area contributed by atoms with Crippen molar-refractivity contribution in [3.63, 3.8) is 0 Å². The number of carbonyl (C=O) groups excluding carboxylic acids is 2. The molecule has 1 atom stereocenters. The van der Waals surface area contributed by atoms with Crippen LogP contribution < -0.4 is 14.4 Å². The maximum atomic E-state index is 14.6. The second-order valence-electron chi connectivity index (χ2n) is 11.8. The van der Waals surface area contributed by atoms with E-state index in [1.165, 1.54) is 17.0 Å². The Kier molecular flexibility index (Phi) is 11.5. The summed E-state index contributed by atoms with van der Waals surface area (Å²) in [6.07, 6.45) is 0.202. The Bertz CT molecular complexity index is 1710. The number of hydrogen-bond donors (Lipinski definition) is 1. The molecule has 242 valence electrons. The van der Waals surface area contributed by atoms with Crippen LogP contribution in [0.15, 0.2) is 114 Å². The molecule has 1 N–H and O–H groups in total. The molecule has 0 heterocycles. The monoisotopic (exact) mass is 661 g/mol. The van der Waals surface area contributed by atoms with Crippen LogP contribution >= 0.6 is 11.6 Å². The van der Waals surface area contributed by atoms with E-state index in [2.05, 4.69) is 5.32 Å². The first-order valence-electron chi connectivity index (χ1n) is 15.1. The van der Waals surface area contributed by atoms with E-state index in [9.17, 15) is 18.0 Å². The molecule has 8 nitrogen and oxygen atoms in total. The summed E-state index contributed by atoms with van der Waals surface area (Å²) in [4.78, 5) is 30.0. The van der Waals surface area contributed by atoms with E-state index in [1.54, 1.807) is 66.7 Å². The molecule has 0 aliphatic carbocycles. The lowest BCUT2D eigenvalue weighted by atomic mass is 10.0. The Morgan fingerprint density at radius 3 is 2.02 bits per heavy atom. The minimum absolute atomic E-state index is 0.0178. The number of nitrogens with zero attached hydrogens (tertiary/aromatic N) is 2. The van der Waals surface area contributed by atoms with E-state index >= 15 is 0 Å². The average molecular weight is 662 g/mol. The first-order valence-corrected chi connectivity index (χ1v) is 16.9.